The van der Waals surface area contributed by atoms with Crippen LogP contribution in [0.3, 0.4) is 0 Å². The van der Waals surface area contributed by atoms with Gasteiger partial charge in [-0.05, 0) is 41.7 Å². The van der Waals surface area contributed by atoms with Crippen LogP contribution in [0.25, 0.3) is 27.4 Å². The fourth-order valence-corrected chi connectivity index (χ4v) is 7.52. The second kappa shape index (κ2) is 14.4. The second-order valence-corrected chi connectivity index (χ2v) is 15.0. The standard InChI is InChI=1S/C33H36N2O9S3/c1-4-23(19-33-35(15-9-17-47(39,40)41)27-21-29(42-2)30(43-3)22-31(27)45-33)18-32-34(14-8-16-46(36,37)38)26-20-25(12-13-28(26)44-32)24-10-6-5-7-11-24/h5-7,10-13,18-22H,4,8-9,14-17H2,1-3H3,(H-,36,37,38,39,40,41)/p-1. The minimum absolute atomic E-state index is 0.106. The van der Waals surface area contributed by atoms with Crippen LogP contribution in [0.4, 0.5) is 5.69 Å². The largest absolute Gasteiger partial charge is 0.748 e. The van der Waals surface area contributed by atoms with Gasteiger partial charge in [0.25, 0.3) is 5.01 Å². The molecule has 0 radical (unpaired) electrons. The summed E-state index contributed by atoms with van der Waals surface area (Å²) >= 11 is 1.47. The van der Waals surface area contributed by atoms with Gasteiger partial charge in [-0.3, -0.25) is 0 Å². The average Bonchev–Trinajstić information content (AvgIpc) is 3.54. The molecule has 0 saturated heterocycles. The van der Waals surface area contributed by atoms with Crippen molar-refractivity contribution in [1.82, 2.24) is 0 Å². The molecule has 0 spiro atoms. The number of methoxy groups -OCH3 is 2. The lowest BCUT2D eigenvalue weighted by atomic mass is 10.0. The number of aromatic nitrogens is 1. The van der Waals surface area contributed by atoms with E-state index < -0.39 is 31.7 Å². The molecule has 1 aromatic heterocycles. The summed E-state index contributed by atoms with van der Waals surface area (Å²) in [4.78, 5) is 1.88. The van der Waals surface area contributed by atoms with E-state index in [1.165, 1.54) is 18.4 Å². The topological polar surface area (TPSA) is 149 Å². The summed E-state index contributed by atoms with van der Waals surface area (Å²) in [5.74, 6) is 1.14. The molecule has 3 aromatic carbocycles. The third kappa shape index (κ3) is 8.51. The smallest absolute Gasteiger partial charge is 0.263 e. The third-order valence-electron chi connectivity index (χ3n) is 7.65. The van der Waals surface area contributed by atoms with E-state index >= 15 is 0 Å². The summed E-state index contributed by atoms with van der Waals surface area (Å²) in [5.41, 5.74) is 4.39. The number of thiazole rings is 1. The Morgan fingerprint density at radius 1 is 0.915 bits per heavy atom. The summed E-state index contributed by atoms with van der Waals surface area (Å²) in [6.45, 7) is 2.50. The average molecular weight is 700 g/mol. The van der Waals surface area contributed by atoms with Crippen molar-refractivity contribution in [2.24, 2.45) is 0 Å². The van der Waals surface area contributed by atoms with Gasteiger partial charge in [0.1, 0.15) is 4.70 Å². The molecule has 0 bridgehead atoms. The molecule has 0 amide bonds. The molecule has 0 fully saturated rings. The van der Waals surface area contributed by atoms with Gasteiger partial charge in [-0.1, -0.05) is 54.7 Å². The van der Waals surface area contributed by atoms with Crippen LogP contribution in [0.15, 0.2) is 78.2 Å². The number of fused-ring (bicyclic) bond motifs is 2. The van der Waals surface area contributed by atoms with Crippen molar-refractivity contribution in [2.75, 3.05) is 37.2 Å². The SMILES string of the molecule is CCC(/C=C1\Oc2ccc(-c3ccccc3)cc2N1CCCS(=O)(=O)[O-])=C\c1sc2cc(OC)c(OC)cc2[n+]1CCCS(=O)(=O)[O-]. The van der Waals surface area contributed by atoms with Crippen molar-refractivity contribution in [3.8, 4) is 28.4 Å². The number of rotatable bonds is 14. The maximum absolute atomic E-state index is 11.4. The van der Waals surface area contributed by atoms with E-state index in [0.717, 1.165) is 37.6 Å². The van der Waals surface area contributed by atoms with Crippen molar-refractivity contribution in [2.45, 2.75) is 32.7 Å². The van der Waals surface area contributed by atoms with Crippen LogP contribution in [-0.4, -0.2) is 58.2 Å². The number of allylic oxidation sites excluding steroid dienone is 2. The number of aryl methyl sites for hydroxylation is 1. The molecule has 14 heteroatoms. The number of ether oxygens (including phenoxy) is 3. The molecule has 0 N–H and O–H groups in total. The van der Waals surface area contributed by atoms with E-state index in [1.807, 2.05) is 89.2 Å². The number of hydrogen-bond donors (Lipinski definition) is 0. The molecule has 250 valence electrons. The Kier molecular flexibility index (Phi) is 10.6. The highest BCUT2D eigenvalue weighted by atomic mass is 32.2. The summed E-state index contributed by atoms with van der Waals surface area (Å²) < 4.78 is 88.5. The zero-order valence-corrected chi connectivity index (χ0v) is 28.6. The molecule has 5 rings (SSSR count). The summed E-state index contributed by atoms with van der Waals surface area (Å²) in [6, 6.07) is 19.3. The molecule has 47 heavy (non-hydrogen) atoms. The zero-order valence-electron chi connectivity index (χ0n) is 26.2. The lowest BCUT2D eigenvalue weighted by Gasteiger charge is -2.19. The van der Waals surface area contributed by atoms with Crippen molar-refractivity contribution >= 4 is 53.6 Å². The molecule has 1 aliphatic rings. The van der Waals surface area contributed by atoms with Gasteiger partial charge in [0, 0.05) is 42.7 Å². The highest BCUT2D eigenvalue weighted by Gasteiger charge is 2.28. The van der Waals surface area contributed by atoms with Crippen LogP contribution in [0.5, 0.6) is 17.2 Å². The first kappa shape index (κ1) is 34.4. The Hall–Kier alpha value is -3.95. The van der Waals surface area contributed by atoms with Gasteiger partial charge in [-0.15, -0.1) is 0 Å². The Morgan fingerprint density at radius 2 is 1.60 bits per heavy atom. The number of anilines is 1. The molecule has 0 aliphatic carbocycles. The van der Waals surface area contributed by atoms with E-state index in [1.54, 1.807) is 7.11 Å². The van der Waals surface area contributed by atoms with Crippen molar-refractivity contribution in [1.29, 1.82) is 0 Å². The maximum Gasteiger partial charge on any atom is 0.263 e. The van der Waals surface area contributed by atoms with Crippen molar-refractivity contribution < 1.29 is 44.7 Å². The molecule has 0 unspecified atom stereocenters. The Labute approximate surface area is 278 Å². The molecular formula is C33H35N2O9S3-. The lowest BCUT2D eigenvalue weighted by molar-refractivity contribution is -0.668. The monoisotopic (exact) mass is 699 g/mol. The minimum atomic E-state index is -4.40. The number of hydrogen-bond acceptors (Lipinski definition) is 11. The van der Waals surface area contributed by atoms with Crippen LogP contribution in [0, 0.1) is 0 Å². The van der Waals surface area contributed by atoms with Gasteiger partial charge in [-0.2, -0.15) is 4.57 Å². The van der Waals surface area contributed by atoms with Crippen LogP contribution in [0.1, 0.15) is 31.2 Å². The minimum Gasteiger partial charge on any atom is -0.748 e. The fraction of sp³-hybridized carbons (Fsp3) is 0.303. The predicted octanol–water partition coefficient (Wildman–Crippen LogP) is 5.28. The highest BCUT2D eigenvalue weighted by molar-refractivity contribution is 7.85. The van der Waals surface area contributed by atoms with E-state index in [9.17, 15) is 25.9 Å². The van der Waals surface area contributed by atoms with E-state index in [-0.39, 0.29) is 25.9 Å². The summed E-state index contributed by atoms with van der Waals surface area (Å²) in [6.07, 6.45) is 4.68. The molecule has 0 saturated carbocycles. The van der Waals surface area contributed by atoms with Gasteiger partial charge in [0.2, 0.25) is 11.4 Å². The number of benzene rings is 3. The van der Waals surface area contributed by atoms with Crippen LogP contribution >= 0.6 is 11.3 Å². The van der Waals surface area contributed by atoms with Gasteiger partial charge < -0.3 is 28.2 Å². The Bertz CT molecular complexity index is 2040. The Balaban J connectivity index is 1.56. The highest BCUT2D eigenvalue weighted by Crippen LogP contribution is 2.42. The second-order valence-electron chi connectivity index (χ2n) is 10.9. The van der Waals surface area contributed by atoms with Crippen LogP contribution in [-0.2, 0) is 26.8 Å². The van der Waals surface area contributed by atoms with E-state index in [2.05, 4.69) is 0 Å². The quantitative estimate of drug-likeness (QED) is 0.126. The van der Waals surface area contributed by atoms with Gasteiger partial charge in [0.05, 0.1) is 46.2 Å². The first-order valence-corrected chi connectivity index (χ1v) is 18.9. The van der Waals surface area contributed by atoms with E-state index in [0.29, 0.717) is 29.6 Å². The fourth-order valence-electron chi connectivity index (χ4n) is 5.38. The van der Waals surface area contributed by atoms with Gasteiger partial charge in [-0.25, -0.2) is 16.8 Å². The van der Waals surface area contributed by atoms with Crippen LogP contribution < -0.4 is 23.7 Å². The molecule has 4 aromatic rings. The first-order valence-electron chi connectivity index (χ1n) is 14.9. The van der Waals surface area contributed by atoms with Crippen LogP contribution in [0.2, 0.25) is 0 Å². The first-order chi connectivity index (χ1) is 22.4. The lowest BCUT2D eigenvalue weighted by Crippen LogP contribution is -2.36. The van der Waals surface area contributed by atoms with E-state index in [4.69, 9.17) is 14.2 Å². The number of nitrogens with zero attached hydrogens (tertiary/aromatic N) is 2. The van der Waals surface area contributed by atoms with Gasteiger partial charge >= 0.3 is 0 Å². The molecule has 2 heterocycles. The normalized spacial score (nSPS) is 14.4. The molecule has 1 aliphatic heterocycles. The maximum atomic E-state index is 11.4. The van der Waals surface area contributed by atoms with Gasteiger partial charge in [0.15, 0.2) is 23.8 Å². The molecule has 0 atom stereocenters. The summed E-state index contributed by atoms with van der Waals surface area (Å²) in [7, 11) is -5.71. The van der Waals surface area contributed by atoms with Crippen molar-refractivity contribution in [3.05, 3.63) is 83.2 Å². The predicted molar refractivity (Wildman–Crippen MR) is 180 cm³/mol. The summed E-state index contributed by atoms with van der Waals surface area (Å²) in [5, 5.41) is 0.804. The Morgan fingerprint density at radius 3 is 2.26 bits per heavy atom. The third-order valence-corrected chi connectivity index (χ3v) is 10.3. The molecule has 11 nitrogen and oxygen atoms in total. The molecular weight excluding hydrogens is 665 g/mol. The van der Waals surface area contributed by atoms with Crippen molar-refractivity contribution in [3.63, 3.8) is 0 Å². The zero-order chi connectivity index (χ0) is 33.8.